The Kier molecular flexibility index (Phi) is 4.16. The molecule has 1 rings (SSSR count). The molecule has 0 fully saturated rings. The third-order valence-electron chi connectivity index (χ3n) is 2.82. The third kappa shape index (κ3) is 4.02. The van der Waals surface area contributed by atoms with E-state index in [-0.39, 0.29) is 11.2 Å². The van der Waals surface area contributed by atoms with Gasteiger partial charge < -0.3 is 4.74 Å². The van der Waals surface area contributed by atoms with Crippen molar-refractivity contribution in [2.45, 2.75) is 25.7 Å². The van der Waals surface area contributed by atoms with Gasteiger partial charge >= 0.3 is 0 Å². The van der Waals surface area contributed by atoms with Crippen LogP contribution < -0.4 is 4.74 Å². The van der Waals surface area contributed by atoms with Gasteiger partial charge in [0.25, 0.3) is 10.1 Å². The fourth-order valence-electron chi connectivity index (χ4n) is 1.72. The minimum Gasteiger partial charge on any atom is -0.496 e. The van der Waals surface area contributed by atoms with Crippen molar-refractivity contribution in [3.8, 4) is 5.75 Å². The highest BCUT2D eigenvalue weighted by atomic mass is 32.2. The number of benzene rings is 1. The molecular formula is C12H18O4S. The van der Waals surface area contributed by atoms with Crippen LogP contribution in [0, 0.1) is 0 Å². The Bertz CT molecular complexity index is 477. The zero-order valence-electron chi connectivity index (χ0n) is 10.3. The molecule has 0 saturated carbocycles. The van der Waals surface area contributed by atoms with Crippen LogP contribution in [0.1, 0.15) is 25.8 Å². The summed E-state index contributed by atoms with van der Waals surface area (Å²) in [4.78, 5) is 0. The number of methoxy groups -OCH3 is 1. The molecule has 0 bridgehead atoms. The van der Waals surface area contributed by atoms with Crippen molar-refractivity contribution in [1.29, 1.82) is 0 Å². The first-order valence-electron chi connectivity index (χ1n) is 5.35. The molecule has 0 aromatic heterocycles. The smallest absolute Gasteiger partial charge is 0.264 e. The van der Waals surface area contributed by atoms with Gasteiger partial charge in [-0.1, -0.05) is 32.0 Å². The Morgan fingerprint density at radius 1 is 1.29 bits per heavy atom. The molecule has 0 heterocycles. The lowest BCUT2D eigenvalue weighted by atomic mass is 9.81. The van der Waals surface area contributed by atoms with Crippen molar-refractivity contribution in [3.63, 3.8) is 0 Å². The molecule has 17 heavy (non-hydrogen) atoms. The van der Waals surface area contributed by atoms with Gasteiger partial charge in [-0.25, -0.2) is 0 Å². The van der Waals surface area contributed by atoms with Crippen LogP contribution in [-0.4, -0.2) is 25.8 Å². The predicted octanol–water partition coefficient (Wildman–Crippen LogP) is 2.25. The standard InChI is InChI=1S/C12H18O4S/c1-12(2,8-9-17(13,14)15)10-6-4-5-7-11(10)16-3/h4-7H,8-9H2,1-3H3,(H,13,14,15). The van der Waals surface area contributed by atoms with Crippen LogP contribution in [0.3, 0.4) is 0 Å². The lowest BCUT2D eigenvalue weighted by Crippen LogP contribution is -2.22. The van der Waals surface area contributed by atoms with E-state index in [2.05, 4.69) is 0 Å². The van der Waals surface area contributed by atoms with E-state index >= 15 is 0 Å². The van der Waals surface area contributed by atoms with E-state index in [4.69, 9.17) is 9.29 Å². The van der Waals surface area contributed by atoms with Gasteiger partial charge in [0.15, 0.2) is 0 Å². The highest BCUT2D eigenvalue weighted by Crippen LogP contribution is 2.34. The maximum Gasteiger partial charge on any atom is 0.264 e. The third-order valence-corrected chi connectivity index (χ3v) is 3.54. The van der Waals surface area contributed by atoms with Gasteiger partial charge in [0, 0.05) is 0 Å². The highest BCUT2D eigenvalue weighted by Gasteiger charge is 2.25. The molecule has 1 aromatic carbocycles. The van der Waals surface area contributed by atoms with Crippen LogP contribution >= 0.6 is 0 Å². The van der Waals surface area contributed by atoms with Crippen LogP contribution in [-0.2, 0) is 15.5 Å². The van der Waals surface area contributed by atoms with Gasteiger partial charge in [0.1, 0.15) is 5.75 Å². The Labute approximate surface area is 102 Å². The molecule has 1 aromatic rings. The predicted molar refractivity (Wildman–Crippen MR) is 67.1 cm³/mol. The van der Waals surface area contributed by atoms with E-state index in [1.807, 2.05) is 38.1 Å². The molecule has 0 unspecified atom stereocenters. The Morgan fingerprint density at radius 3 is 2.41 bits per heavy atom. The molecule has 0 aliphatic carbocycles. The minimum atomic E-state index is -3.93. The molecule has 0 atom stereocenters. The second-order valence-corrected chi connectivity index (χ2v) is 6.19. The fourth-order valence-corrected chi connectivity index (χ4v) is 2.49. The number of ether oxygens (including phenoxy) is 1. The van der Waals surface area contributed by atoms with Crippen LogP contribution in [0.4, 0.5) is 0 Å². The SMILES string of the molecule is COc1ccccc1C(C)(C)CCS(=O)(=O)O. The quantitative estimate of drug-likeness (QED) is 0.823. The molecule has 1 N–H and O–H groups in total. The van der Waals surface area contributed by atoms with E-state index in [0.717, 1.165) is 11.3 Å². The van der Waals surface area contributed by atoms with Gasteiger partial charge in [0.2, 0.25) is 0 Å². The zero-order valence-corrected chi connectivity index (χ0v) is 11.1. The summed E-state index contributed by atoms with van der Waals surface area (Å²) in [5.41, 5.74) is 0.564. The largest absolute Gasteiger partial charge is 0.496 e. The Morgan fingerprint density at radius 2 is 1.88 bits per heavy atom. The van der Waals surface area contributed by atoms with E-state index in [1.165, 1.54) is 0 Å². The molecule has 0 aliphatic rings. The van der Waals surface area contributed by atoms with Gasteiger partial charge in [-0.3, -0.25) is 4.55 Å². The number of rotatable bonds is 5. The molecule has 0 aliphatic heterocycles. The second-order valence-electron chi connectivity index (χ2n) is 4.62. The van der Waals surface area contributed by atoms with Gasteiger partial charge in [0.05, 0.1) is 12.9 Å². The summed E-state index contributed by atoms with van der Waals surface area (Å²) in [5.74, 6) is 0.478. The minimum absolute atomic E-state index is 0.252. The van der Waals surface area contributed by atoms with Crippen LogP contribution in [0.5, 0.6) is 5.75 Å². The molecule has 0 saturated heterocycles. The first kappa shape index (κ1) is 14.0. The summed E-state index contributed by atoms with van der Waals surface area (Å²) in [5, 5.41) is 0. The summed E-state index contributed by atoms with van der Waals surface area (Å²) >= 11 is 0. The van der Waals surface area contributed by atoms with Crippen LogP contribution in [0.25, 0.3) is 0 Å². The lowest BCUT2D eigenvalue weighted by molar-refractivity contribution is 0.387. The molecule has 5 heteroatoms. The first-order valence-corrected chi connectivity index (χ1v) is 6.96. The monoisotopic (exact) mass is 258 g/mol. The Hall–Kier alpha value is -1.07. The topological polar surface area (TPSA) is 63.6 Å². The first-order chi connectivity index (χ1) is 7.76. The summed E-state index contributed by atoms with van der Waals surface area (Å²) in [7, 11) is -2.34. The number of hydrogen-bond donors (Lipinski definition) is 1. The van der Waals surface area contributed by atoms with Crippen LogP contribution in [0.15, 0.2) is 24.3 Å². The summed E-state index contributed by atoms with van der Waals surface area (Å²) in [6, 6.07) is 7.49. The maximum atomic E-state index is 10.8. The average Bonchev–Trinajstić information content (AvgIpc) is 2.26. The van der Waals surface area contributed by atoms with Crippen molar-refractivity contribution in [3.05, 3.63) is 29.8 Å². The van der Waals surface area contributed by atoms with Crippen molar-refractivity contribution < 1.29 is 17.7 Å². The van der Waals surface area contributed by atoms with Crippen LogP contribution in [0.2, 0.25) is 0 Å². The molecule has 96 valence electrons. The summed E-state index contributed by atoms with van der Waals surface area (Å²) in [6.07, 6.45) is 0.339. The van der Waals surface area contributed by atoms with E-state index in [1.54, 1.807) is 7.11 Å². The molecular weight excluding hydrogens is 240 g/mol. The summed E-state index contributed by atoms with van der Waals surface area (Å²) < 4.78 is 35.6. The highest BCUT2D eigenvalue weighted by molar-refractivity contribution is 7.85. The van der Waals surface area contributed by atoms with Crippen molar-refractivity contribution in [1.82, 2.24) is 0 Å². The van der Waals surface area contributed by atoms with E-state index < -0.39 is 10.1 Å². The second kappa shape index (κ2) is 5.06. The fraction of sp³-hybridized carbons (Fsp3) is 0.500. The van der Waals surface area contributed by atoms with Crippen molar-refractivity contribution >= 4 is 10.1 Å². The van der Waals surface area contributed by atoms with Gasteiger partial charge in [-0.05, 0) is 23.5 Å². The van der Waals surface area contributed by atoms with Gasteiger partial charge in [-0.2, -0.15) is 8.42 Å². The molecule has 0 spiro atoms. The summed E-state index contributed by atoms with van der Waals surface area (Å²) in [6.45, 7) is 3.85. The van der Waals surface area contributed by atoms with E-state index in [9.17, 15) is 8.42 Å². The number of hydrogen-bond acceptors (Lipinski definition) is 3. The number of para-hydroxylation sites is 1. The Balaban J connectivity index is 2.96. The normalized spacial score (nSPS) is 12.5. The van der Waals surface area contributed by atoms with Gasteiger partial charge in [-0.15, -0.1) is 0 Å². The maximum absolute atomic E-state index is 10.8. The lowest BCUT2D eigenvalue weighted by Gasteiger charge is -2.26. The zero-order chi connectivity index (χ0) is 13.1. The average molecular weight is 258 g/mol. The van der Waals surface area contributed by atoms with Crippen molar-refractivity contribution in [2.75, 3.05) is 12.9 Å². The molecule has 0 amide bonds. The van der Waals surface area contributed by atoms with Crippen molar-refractivity contribution in [2.24, 2.45) is 0 Å². The molecule has 4 nitrogen and oxygen atoms in total. The van der Waals surface area contributed by atoms with E-state index in [0.29, 0.717) is 6.42 Å². The molecule has 0 radical (unpaired) electrons.